The Morgan fingerprint density at radius 3 is 2.75 bits per heavy atom. The van der Waals surface area contributed by atoms with Gasteiger partial charge < -0.3 is 5.73 Å². The van der Waals surface area contributed by atoms with Crippen LogP contribution in [0.2, 0.25) is 0 Å². The highest BCUT2D eigenvalue weighted by atomic mass is 16.1. The smallest absolute Gasteiger partial charge is 0.184 e. The quantitative estimate of drug-likeness (QED) is 0.893. The Kier molecular flexibility index (Phi) is 2.99. The number of carbonyl (C=O) groups is 1. The molecule has 102 valence electrons. The largest absolute Gasteiger partial charge is 0.325 e. The molecule has 0 bridgehead atoms. The van der Waals surface area contributed by atoms with Gasteiger partial charge in [0.25, 0.3) is 0 Å². The normalized spacial score (nSPS) is 14.2. The van der Waals surface area contributed by atoms with Crippen molar-refractivity contribution in [2.45, 2.75) is 6.92 Å². The molecule has 0 aliphatic carbocycles. The maximum atomic E-state index is 11.9. The first-order chi connectivity index (χ1) is 9.60. The first-order valence-corrected chi connectivity index (χ1v) is 6.52. The molecule has 1 aromatic carbocycles. The minimum atomic E-state index is 0.0478. The predicted molar refractivity (Wildman–Crippen MR) is 78.2 cm³/mol. The van der Waals surface area contributed by atoms with Crippen molar-refractivity contribution in [1.82, 2.24) is 9.78 Å². The third-order valence-corrected chi connectivity index (χ3v) is 3.56. The summed E-state index contributed by atoms with van der Waals surface area (Å²) in [5, 5.41) is 4.35. The first-order valence-electron chi connectivity index (χ1n) is 6.52. The molecular formula is C15H16N4O. The Bertz CT molecular complexity index is 727. The van der Waals surface area contributed by atoms with E-state index in [9.17, 15) is 4.79 Å². The van der Waals surface area contributed by atoms with Gasteiger partial charge in [-0.2, -0.15) is 5.10 Å². The van der Waals surface area contributed by atoms with Crippen molar-refractivity contribution in [3.8, 4) is 11.1 Å². The fraction of sp³-hybridized carbons (Fsp3) is 0.267. The van der Waals surface area contributed by atoms with E-state index in [1.54, 1.807) is 4.68 Å². The van der Waals surface area contributed by atoms with Gasteiger partial charge >= 0.3 is 0 Å². The highest BCUT2D eigenvalue weighted by Crippen LogP contribution is 2.27. The second kappa shape index (κ2) is 4.68. The van der Waals surface area contributed by atoms with Gasteiger partial charge in [0.05, 0.1) is 11.4 Å². The van der Waals surface area contributed by atoms with Gasteiger partial charge in [-0.05, 0) is 18.6 Å². The number of Topliss-reactive ketones (excluding diaryl/α,β-unsaturated/α-hetero) is 1. The summed E-state index contributed by atoms with van der Waals surface area (Å²) < 4.78 is 1.78. The van der Waals surface area contributed by atoms with Crippen LogP contribution in [-0.4, -0.2) is 34.4 Å². The molecule has 0 fully saturated rings. The van der Waals surface area contributed by atoms with E-state index < -0.39 is 0 Å². The lowest BCUT2D eigenvalue weighted by Crippen LogP contribution is -2.24. The number of nitrogens with two attached hydrogens (primary N) is 1. The van der Waals surface area contributed by atoms with Gasteiger partial charge in [-0.1, -0.05) is 12.1 Å². The maximum absolute atomic E-state index is 11.9. The molecule has 0 saturated carbocycles. The predicted octanol–water partition coefficient (Wildman–Crippen LogP) is 1.34. The van der Waals surface area contributed by atoms with Gasteiger partial charge in [-0.15, -0.1) is 0 Å². The molecule has 2 aromatic rings. The number of aromatic nitrogens is 2. The van der Waals surface area contributed by atoms with Gasteiger partial charge in [-0.3, -0.25) is 14.5 Å². The van der Waals surface area contributed by atoms with Crippen LogP contribution in [0.15, 0.2) is 29.4 Å². The summed E-state index contributed by atoms with van der Waals surface area (Å²) >= 11 is 0. The molecule has 2 heterocycles. The zero-order chi connectivity index (χ0) is 14.3. The Labute approximate surface area is 117 Å². The van der Waals surface area contributed by atoms with E-state index in [0.29, 0.717) is 12.1 Å². The lowest BCUT2D eigenvalue weighted by atomic mass is 9.92. The Morgan fingerprint density at radius 1 is 1.30 bits per heavy atom. The second-order valence-corrected chi connectivity index (χ2v) is 4.95. The van der Waals surface area contributed by atoms with Crippen molar-refractivity contribution in [2.75, 3.05) is 13.1 Å². The number of aliphatic imine (C=N–C) groups is 1. The zero-order valence-electron chi connectivity index (χ0n) is 11.6. The van der Waals surface area contributed by atoms with Crippen molar-refractivity contribution < 1.29 is 4.79 Å². The van der Waals surface area contributed by atoms with Crippen molar-refractivity contribution in [1.29, 1.82) is 0 Å². The summed E-state index contributed by atoms with van der Waals surface area (Å²) in [4.78, 5) is 16.2. The maximum Gasteiger partial charge on any atom is 0.184 e. The van der Waals surface area contributed by atoms with Gasteiger partial charge in [0.15, 0.2) is 5.78 Å². The van der Waals surface area contributed by atoms with E-state index in [0.717, 1.165) is 28.1 Å². The molecular weight excluding hydrogens is 252 g/mol. The molecule has 2 N–H and O–H groups in total. The minimum Gasteiger partial charge on any atom is -0.325 e. The SMILES string of the molecule is Cc1nn(C)cc1-c1ccc2c(c1)C(CN)=NCC2=O. The number of hydrogen-bond acceptors (Lipinski definition) is 4. The van der Waals surface area contributed by atoms with E-state index in [4.69, 9.17) is 5.73 Å². The van der Waals surface area contributed by atoms with E-state index in [1.165, 1.54) is 0 Å². The highest BCUT2D eigenvalue weighted by Gasteiger charge is 2.20. The molecule has 1 aromatic heterocycles. The number of aryl methyl sites for hydroxylation is 2. The van der Waals surface area contributed by atoms with Crippen LogP contribution in [-0.2, 0) is 7.05 Å². The van der Waals surface area contributed by atoms with E-state index in [2.05, 4.69) is 10.1 Å². The third kappa shape index (κ3) is 1.96. The molecule has 20 heavy (non-hydrogen) atoms. The number of benzene rings is 1. The molecule has 0 amide bonds. The number of ketones is 1. The molecule has 0 spiro atoms. The van der Waals surface area contributed by atoms with E-state index in [-0.39, 0.29) is 12.3 Å². The van der Waals surface area contributed by atoms with Crippen molar-refractivity contribution in [3.05, 3.63) is 41.2 Å². The van der Waals surface area contributed by atoms with Crippen LogP contribution in [0.3, 0.4) is 0 Å². The van der Waals surface area contributed by atoms with Crippen LogP contribution >= 0.6 is 0 Å². The second-order valence-electron chi connectivity index (χ2n) is 4.95. The van der Waals surface area contributed by atoms with Crippen LogP contribution in [0.25, 0.3) is 11.1 Å². The van der Waals surface area contributed by atoms with Gasteiger partial charge in [0.1, 0.15) is 6.54 Å². The van der Waals surface area contributed by atoms with Crippen LogP contribution in [0, 0.1) is 6.92 Å². The van der Waals surface area contributed by atoms with Crippen molar-refractivity contribution in [2.24, 2.45) is 17.8 Å². The van der Waals surface area contributed by atoms with Crippen LogP contribution < -0.4 is 5.73 Å². The molecule has 0 unspecified atom stereocenters. The average molecular weight is 268 g/mol. The molecule has 0 saturated heterocycles. The number of nitrogens with zero attached hydrogens (tertiary/aromatic N) is 3. The lowest BCUT2D eigenvalue weighted by Gasteiger charge is -2.16. The van der Waals surface area contributed by atoms with E-state index in [1.807, 2.05) is 38.4 Å². The van der Waals surface area contributed by atoms with Crippen LogP contribution in [0.4, 0.5) is 0 Å². The number of rotatable bonds is 2. The summed E-state index contributed by atoms with van der Waals surface area (Å²) in [5.74, 6) is 0.0478. The standard InChI is InChI=1S/C15H16N4O/c1-9-13(8-19(2)18-9)10-3-4-11-12(5-10)14(6-16)17-7-15(11)20/h3-5,8H,6-7,16H2,1-2H3. The zero-order valence-corrected chi connectivity index (χ0v) is 11.6. The topological polar surface area (TPSA) is 73.3 Å². The molecule has 3 rings (SSSR count). The number of fused-ring (bicyclic) bond motifs is 1. The van der Waals surface area contributed by atoms with Crippen LogP contribution in [0.5, 0.6) is 0 Å². The minimum absolute atomic E-state index is 0.0478. The Morgan fingerprint density at radius 2 is 2.10 bits per heavy atom. The molecule has 5 nitrogen and oxygen atoms in total. The van der Waals surface area contributed by atoms with E-state index >= 15 is 0 Å². The van der Waals surface area contributed by atoms with Crippen molar-refractivity contribution >= 4 is 11.5 Å². The number of hydrogen-bond donors (Lipinski definition) is 1. The molecule has 0 atom stereocenters. The molecule has 0 radical (unpaired) electrons. The summed E-state index contributed by atoms with van der Waals surface area (Å²) in [6, 6.07) is 5.81. The Balaban J connectivity index is 2.16. The van der Waals surface area contributed by atoms with Gasteiger partial charge in [0, 0.05) is 36.5 Å². The fourth-order valence-corrected chi connectivity index (χ4v) is 2.59. The summed E-state index contributed by atoms with van der Waals surface area (Å²) in [5.41, 5.74) is 11.1. The first kappa shape index (κ1) is 12.7. The third-order valence-electron chi connectivity index (χ3n) is 3.56. The average Bonchev–Trinajstić information content (AvgIpc) is 2.78. The summed E-state index contributed by atoms with van der Waals surface area (Å²) in [6.07, 6.45) is 1.97. The summed E-state index contributed by atoms with van der Waals surface area (Å²) in [7, 11) is 1.89. The highest BCUT2D eigenvalue weighted by molar-refractivity contribution is 6.16. The molecule has 1 aliphatic rings. The Hall–Kier alpha value is -2.27. The number of carbonyl (C=O) groups excluding carboxylic acids is 1. The fourth-order valence-electron chi connectivity index (χ4n) is 2.59. The monoisotopic (exact) mass is 268 g/mol. The van der Waals surface area contributed by atoms with Crippen LogP contribution in [0.1, 0.15) is 21.6 Å². The lowest BCUT2D eigenvalue weighted by molar-refractivity contribution is 0.1000. The molecule has 1 aliphatic heterocycles. The summed E-state index contributed by atoms with van der Waals surface area (Å²) in [6.45, 7) is 2.51. The van der Waals surface area contributed by atoms with Gasteiger partial charge in [-0.25, -0.2) is 0 Å². The van der Waals surface area contributed by atoms with Gasteiger partial charge in [0.2, 0.25) is 0 Å². The van der Waals surface area contributed by atoms with Crippen molar-refractivity contribution in [3.63, 3.8) is 0 Å². The molecule has 5 heteroatoms.